The molecule has 0 spiro atoms. The zero-order valence-electron chi connectivity index (χ0n) is 13.7. The molecule has 1 fully saturated rings. The maximum Gasteiger partial charge on any atom is 0.262 e. The number of aliphatic imine (C=N–C) groups is 1. The predicted molar refractivity (Wildman–Crippen MR) is 97.5 cm³/mol. The quantitative estimate of drug-likeness (QED) is 0.856. The number of carbonyl (C=O) groups is 2. The van der Waals surface area contributed by atoms with Gasteiger partial charge in [0, 0.05) is 24.5 Å². The third-order valence-corrected chi connectivity index (χ3v) is 5.27. The Balaban J connectivity index is 1.59. The van der Waals surface area contributed by atoms with Crippen molar-refractivity contribution >= 4 is 46.0 Å². The van der Waals surface area contributed by atoms with Crippen LogP contribution in [0.25, 0.3) is 0 Å². The van der Waals surface area contributed by atoms with Crippen LogP contribution in [0.3, 0.4) is 0 Å². The van der Waals surface area contributed by atoms with Gasteiger partial charge in [0.2, 0.25) is 5.91 Å². The van der Waals surface area contributed by atoms with Gasteiger partial charge in [0.15, 0.2) is 5.17 Å². The highest BCUT2D eigenvalue weighted by atomic mass is 35.5. The first kappa shape index (κ1) is 18.0. The second kappa shape index (κ2) is 8.07. The lowest BCUT2D eigenvalue weighted by molar-refractivity contribution is -0.121. The number of amidine groups is 1. The SMILES string of the molecule is COc1ccc(Cl)cc1NC(=O)CC1SC(N2CCOCC2)=NC1=O. The van der Waals surface area contributed by atoms with E-state index in [9.17, 15) is 9.59 Å². The molecule has 3 rings (SSSR count). The minimum Gasteiger partial charge on any atom is -0.495 e. The smallest absolute Gasteiger partial charge is 0.262 e. The predicted octanol–water partition coefficient (Wildman–Crippen LogP) is 2.01. The van der Waals surface area contributed by atoms with Crippen LogP contribution in [0.2, 0.25) is 5.02 Å². The molecule has 2 aliphatic rings. The van der Waals surface area contributed by atoms with E-state index >= 15 is 0 Å². The average Bonchev–Trinajstić information content (AvgIpc) is 2.96. The fourth-order valence-corrected chi connectivity index (χ4v) is 3.84. The van der Waals surface area contributed by atoms with Crippen LogP contribution in [-0.2, 0) is 14.3 Å². The number of halogens is 1. The summed E-state index contributed by atoms with van der Waals surface area (Å²) >= 11 is 7.29. The van der Waals surface area contributed by atoms with E-state index in [0.717, 1.165) is 0 Å². The van der Waals surface area contributed by atoms with E-state index in [0.29, 0.717) is 47.9 Å². The number of benzene rings is 1. The van der Waals surface area contributed by atoms with E-state index in [1.54, 1.807) is 18.2 Å². The lowest BCUT2D eigenvalue weighted by Gasteiger charge is -2.27. The summed E-state index contributed by atoms with van der Waals surface area (Å²) in [4.78, 5) is 30.5. The van der Waals surface area contributed by atoms with E-state index < -0.39 is 5.25 Å². The zero-order chi connectivity index (χ0) is 17.8. The van der Waals surface area contributed by atoms with E-state index in [1.807, 2.05) is 4.90 Å². The van der Waals surface area contributed by atoms with Crippen molar-refractivity contribution in [2.75, 3.05) is 38.7 Å². The molecule has 1 atom stereocenters. The van der Waals surface area contributed by atoms with Gasteiger partial charge in [-0.05, 0) is 18.2 Å². The summed E-state index contributed by atoms with van der Waals surface area (Å²) in [6.45, 7) is 2.65. The minimum absolute atomic E-state index is 0.0382. The Morgan fingerprint density at radius 1 is 1.48 bits per heavy atom. The fourth-order valence-electron chi connectivity index (χ4n) is 2.55. The number of thioether (sulfide) groups is 1. The molecular weight excluding hydrogens is 366 g/mol. The van der Waals surface area contributed by atoms with E-state index in [1.165, 1.54) is 18.9 Å². The summed E-state index contributed by atoms with van der Waals surface area (Å²) < 4.78 is 10.5. The van der Waals surface area contributed by atoms with Crippen molar-refractivity contribution in [1.82, 2.24) is 4.90 Å². The van der Waals surface area contributed by atoms with Crippen molar-refractivity contribution in [3.05, 3.63) is 23.2 Å². The fraction of sp³-hybridized carbons (Fsp3) is 0.438. The Bertz CT molecular complexity index is 707. The average molecular weight is 384 g/mol. The molecule has 1 aromatic carbocycles. The van der Waals surface area contributed by atoms with Crippen molar-refractivity contribution in [3.63, 3.8) is 0 Å². The van der Waals surface area contributed by atoms with Gasteiger partial charge in [-0.2, -0.15) is 4.99 Å². The molecule has 2 heterocycles. The topological polar surface area (TPSA) is 80.2 Å². The van der Waals surface area contributed by atoms with Gasteiger partial charge in [-0.25, -0.2) is 0 Å². The number of nitrogens with zero attached hydrogens (tertiary/aromatic N) is 2. The number of morpholine rings is 1. The Morgan fingerprint density at radius 2 is 2.24 bits per heavy atom. The Labute approximate surface area is 154 Å². The van der Waals surface area contributed by atoms with Crippen molar-refractivity contribution in [3.8, 4) is 5.75 Å². The van der Waals surface area contributed by atoms with Crippen LogP contribution in [0, 0.1) is 0 Å². The van der Waals surface area contributed by atoms with Crippen LogP contribution in [0.5, 0.6) is 5.75 Å². The Kier molecular flexibility index (Phi) is 5.82. The van der Waals surface area contributed by atoms with Crippen LogP contribution >= 0.6 is 23.4 Å². The van der Waals surface area contributed by atoms with Gasteiger partial charge in [0.05, 0.1) is 26.0 Å². The molecule has 2 aliphatic heterocycles. The number of amides is 2. The third kappa shape index (κ3) is 4.45. The summed E-state index contributed by atoms with van der Waals surface area (Å²) in [5.74, 6) is -0.0575. The lowest BCUT2D eigenvalue weighted by atomic mass is 10.2. The standard InChI is InChI=1S/C16H18ClN3O4S/c1-23-12-3-2-10(17)8-11(12)18-14(21)9-13-15(22)19-16(25-13)20-4-6-24-7-5-20/h2-3,8,13H,4-7,9H2,1H3,(H,18,21). The summed E-state index contributed by atoms with van der Waals surface area (Å²) in [7, 11) is 1.51. The number of carbonyl (C=O) groups excluding carboxylic acids is 2. The highest BCUT2D eigenvalue weighted by Gasteiger charge is 2.33. The largest absolute Gasteiger partial charge is 0.495 e. The van der Waals surface area contributed by atoms with Crippen LogP contribution in [-0.4, -0.2) is 60.5 Å². The van der Waals surface area contributed by atoms with E-state index in [4.69, 9.17) is 21.1 Å². The second-order valence-corrected chi connectivity index (χ2v) is 7.14. The highest BCUT2D eigenvalue weighted by molar-refractivity contribution is 8.15. The molecule has 7 nitrogen and oxygen atoms in total. The lowest BCUT2D eigenvalue weighted by Crippen LogP contribution is -2.39. The number of nitrogens with one attached hydrogen (secondary N) is 1. The molecule has 0 bridgehead atoms. The highest BCUT2D eigenvalue weighted by Crippen LogP contribution is 2.30. The monoisotopic (exact) mass is 383 g/mol. The van der Waals surface area contributed by atoms with Gasteiger partial charge in [0.25, 0.3) is 5.91 Å². The van der Waals surface area contributed by atoms with Gasteiger partial charge in [0.1, 0.15) is 11.0 Å². The second-order valence-electron chi connectivity index (χ2n) is 5.54. The maximum absolute atomic E-state index is 12.3. The molecular formula is C16H18ClN3O4S. The van der Waals surface area contributed by atoms with Gasteiger partial charge < -0.3 is 19.7 Å². The molecule has 0 saturated carbocycles. The van der Waals surface area contributed by atoms with Crippen LogP contribution in [0.4, 0.5) is 5.69 Å². The van der Waals surface area contributed by atoms with Crippen molar-refractivity contribution in [1.29, 1.82) is 0 Å². The molecule has 1 saturated heterocycles. The summed E-state index contributed by atoms with van der Waals surface area (Å²) in [6, 6.07) is 4.96. The molecule has 25 heavy (non-hydrogen) atoms. The first-order valence-electron chi connectivity index (χ1n) is 7.82. The molecule has 9 heteroatoms. The number of hydrogen-bond donors (Lipinski definition) is 1. The molecule has 1 aromatic rings. The number of methoxy groups -OCH3 is 1. The van der Waals surface area contributed by atoms with Crippen molar-refractivity contribution in [2.24, 2.45) is 4.99 Å². The van der Waals surface area contributed by atoms with Gasteiger partial charge in [-0.1, -0.05) is 23.4 Å². The molecule has 0 aromatic heterocycles. The summed E-state index contributed by atoms with van der Waals surface area (Å²) in [5.41, 5.74) is 0.477. The van der Waals surface area contributed by atoms with Crippen LogP contribution < -0.4 is 10.1 Å². The number of rotatable bonds is 4. The van der Waals surface area contributed by atoms with E-state index in [2.05, 4.69) is 10.3 Å². The molecule has 0 radical (unpaired) electrons. The molecule has 2 amide bonds. The molecule has 134 valence electrons. The Hall–Kier alpha value is -1.77. The van der Waals surface area contributed by atoms with Gasteiger partial charge in [-0.15, -0.1) is 0 Å². The first-order valence-corrected chi connectivity index (χ1v) is 9.08. The van der Waals surface area contributed by atoms with Crippen molar-refractivity contribution < 1.29 is 19.1 Å². The number of anilines is 1. The van der Waals surface area contributed by atoms with Gasteiger partial charge >= 0.3 is 0 Å². The van der Waals surface area contributed by atoms with Crippen LogP contribution in [0.1, 0.15) is 6.42 Å². The Morgan fingerprint density at radius 3 is 2.96 bits per heavy atom. The third-order valence-electron chi connectivity index (χ3n) is 3.82. The van der Waals surface area contributed by atoms with Gasteiger partial charge in [-0.3, -0.25) is 9.59 Å². The maximum atomic E-state index is 12.3. The molecule has 1 unspecified atom stereocenters. The molecule has 1 N–H and O–H groups in total. The number of hydrogen-bond acceptors (Lipinski definition) is 6. The van der Waals surface area contributed by atoms with Crippen molar-refractivity contribution in [2.45, 2.75) is 11.7 Å². The summed E-state index contributed by atoms with van der Waals surface area (Å²) in [6.07, 6.45) is 0.0382. The molecule has 0 aliphatic carbocycles. The number of ether oxygens (including phenoxy) is 2. The van der Waals surface area contributed by atoms with E-state index in [-0.39, 0.29) is 18.2 Å². The summed E-state index contributed by atoms with van der Waals surface area (Å²) in [5, 5.41) is 3.39. The minimum atomic E-state index is -0.511. The zero-order valence-corrected chi connectivity index (χ0v) is 15.2. The van der Waals surface area contributed by atoms with Crippen LogP contribution in [0.15, 0.2) is 23.2 Å². The first-order chi connectivity index (χ1) is 12.1. The normalized spacial score (nSPS) is 20.4.